The Balaban J connectivity index is 1.49. The van der Waals surface area contributed by atoms with Gasteiger partial charge in [-0.3, -0.25) is 9.59 Å². The molecule has 2 aliphatic rings. The summed E-state index contributed by atoms with van der Waals surface area (Å²) < 4.78 is 22.9. The standard InChI is InChI=1S/C30H54O6/c1-3-5-7-9-11-13-15-17-19-21-27(31)35-25-23-33-30-26(24-34-29(25)30)36-28(32)22-20-18-16-14-12-10-8-6-4-2/h25-26,29-30H,3-24H2,1-2H3/t25-,26-,29-,30-/m1/s1. The lowest BCUT2D eigenvalue weighted by atomic mass is 10.1. The first kappa shape index (κ1) is 31.1. The maximum Gasteiger partial charge on any atom is 0.306 e. The molecule has 210 valence electrons. The van der Waals surface area contributed by atoms with Gasteiger partial charge in [-0.15, -0.1) is 0 Å². The van der Waals surface area contributed by atoms with Crippen LogP contribution < -0.4 is 0 Å². The lowest BCUT2D eigenvalue weighted by molar-refractivity contribution is -0.155. The molecule has 6 heteroatoms. The fourth-order valence-electron chi connectivity index (χ4n) is 5.25. The lowest BCUT2D eigenvalue weighted by Crippen LogP contribution is -2.35. The van der Waals surface area contributed by atoms with Gasteiger partial charge in [0.1, 0.15) is 12.2 Å². The van der Waals surface area contributed by atoms with Gasteiger partial charge < -0.3 is 18.9 Å². The fourth-order valence-corrected chi connectivity index (χ4v) is 5.25. The number of hydrogen-bond donors (Lipinski definition) is 0. The summed E-state index contributed by atoms with van der Waals surface area (Å²) in [7, 11) is 0. The van der Waals surface area contributed by atoms with E-state index in [1.165, 1.54) is 89.9 Å². The van der Waals surface area contributed by atoms with E-state index in [4.69, 9.17) is 18.9 Å². The van der Waals surface area contributed by atoms with Gasteiger partial charge in [-0.2, -0.15) is 0 Å². The maximum absolute atomic E-state index is 12.3. The molecule has 0 aromatic heterocycles. The number of esters is 2. The number of ether oxygens (including phenoxy) is 4. The molecule has 2 fully saturated rings. The third-order valence-electron chi connectivity index (χ3n) is 7.50. The van der Waals surface area contributed by atoms with Crippen molar-refractivity contribution in [1.29, 1.82) is 0 Å². The molecule has 2 rings (SSSR count). The van der Waals surface area contributed by atoms with Crippen LogP contribution in [0.25, 0.3) is 0 Å². The van der Waals surface area contributed by atoms with Crippen molar-refractivity contribution in [3.63, 3.8) is 0 Å². The summed E-state index contributed by atoms with van der Waals surface area (Å²) in [4.78, 5) is 24.6. The Bertz CT molecular complexity index is 530. The second-order valence-corrected chi connectivity index (χ2v) is 10.8. The zero-order valence-electron chi connectivity index (χ0n) is 23.3. The van der Waals surface area contributed by atoms with Gasteiger partial charge in [0.15, 0.2) is 12.2 Å². The van der Waals surface area contributed by atoms with Crippen LogP contribution in [0.1, 0.15) is 142 Å². The third kappa shape index (κ3) is 12.9. The average molecular weight is 511 g/mol. The summed E-state index contributed by atoms with van der Waals surface area (Å²) in [6.45, 7) is 5.10. The van der Waals surface area contributed by atoms with Gasteiger partial charge >= 0.3 is 11.9 Å². The van der Waals surface area contributed by atoms with Crippen LogP contribution in [-0.4, -0.2) is 49.6 Å². The number of carbonyl (C=O) groups excluding carboxylic acids is 2. The van der Waals surface area contributed by atoms with E-state index < -0.39 is 12.2 Å². The molecule has 36 heavy (non-hydrogen) atoms. The zero-order chi connectivity index (χ0) is 25.8. The van der Waals surface area contributed by atoms with Gasteiger partial charge in [-0.1, -0.05) is 117 Å². The van der Waals surface area contributed by atoms with E-state index in [9.17, 15) is 9.59 Å². The molecular formula is C30H54O6. The molecule has 0 radical (unpaired) electrons. The first-order valence-electron chi connectivity index (χ1n) is 15.3. The average Bonchev–Trinajstić information content (AvgIpc) is 3.45. The molecule has 6 nitrogen and oxygen atoms in total. The quantitative estimate of drug-likeness (QED) is 0.111. The first-order chi connectivity index (χ1) is 17.7. The van der Waals surface area contributed by atoms with Gasteiger partial charge in [0.05, 0.1) is 13.2 Å². The van der Waals surface area contributed by atoms with Crippen molar-refractivity contribution in [2.24, 2.45) is 0 Å². The Kier molecular flexibility index (Phi) is 17.2. The molecule has 0 N–H and O–H groups in total. The summed E-state index contributed by atoms with van der Waals surface area (Å²) in [6.07, 6.45) is 21.4. The molecule has 2 heterocycles. The number of carbonyl (C=O) groups is 2. The van der Waals surface area contributed by atoms with E-state index in [0.717, 1.165) is 25.7 Å². The molecule has 0 aromatic rings. The smallest absolute Gasteiger partial charge is 0.306 e. The molecule has 0 saturated carbocycles. The minimum Gasteiger partial charge on any atom is -0.457 e. The Labute approximate surface area is 220 Å². The summed E-state index contributed by atoms with van der Waals surface area (Å²) >= 11 is 0. The number of unbranched alkanes of at least 4 members (excludes halogenated alkanes) is 16. The van der Waals surface area contributed by atoms with Crippen molar-refractivity contribution in [3.05, 3.63) is 0 Å². The Morgan fingerprint density at radius 1 is 0.528 bits per heavy atom. The van der Waals surface area contributed by atoms with E-state index in [2.05, 4.69) is 13.8 Å². The van der Waals surface area contributed by atoms with Crippen molar-refractivity contribution in [1.82, 2.24) is 0 Å². The Hall–Kier alpha value is -1.14. The van der Waals surface area contributed by atoms with Crippen molar-refractivity contribution >= 4 is 11.9 Å². The highest BCUT2D eigenvalue weighted by atomic mass is 16.7. The van der Waals surface area contributed by atoms with E-state index in [-0.39, 0.29) is 24.1 Å². The summed E-state index contributed by atoms with van der Waals surface area (Å²) in [5, 5.41) is 0. The van der Waals surface area contributed by atoms with Gasteiger partial charge in [-0.25, -0.2) is 0 Å². The van der Waals surface area contributed by atoms with Crippen LogP contribution in [0.5, 0.6) is 0 Å². The molecule has 0 aromatic carbocycles. The second kappa shape index (κ2) is 19.9. The fraction of sp³-hybridized carbons (Fsp3) is 0.933. The van der Waals surface area contributed by atoms with Gasteiger partial charge in [0.25, 0.3) is 0 Å². The number of rotatable bonds is 22. The van der Waals surface area contributed by atoms with Crippen LogP contribution in [0.4, 0.5) is 0 Å². The summed E-state index contributed by atoms with van der Waals surface area (Å²) in [5.74, 6) is -0.358. The number of fused-ring (bicyclic) bond motifs is 1. The lowest BCUT2D eigenvalue weighted by Gasteiger charge is -2.17. The van der Waals surface area contributed by atoms with Crippen molar-refractivity contribution in [2.45, 2.75) is 167 Å². The SMILES string of the molecule is CCCCCCCCCCCC(=O)O[C@@H]1CO[C@H]2[C@@H]1OC[C@H]2OC(=O)CCCCCCCCCCC. The molecular weight excluding hydrogens is 456 g/mol. The molecule has 0 aliphatic carbocycles. The van der Waals surface area contributed by atoms with Crippen molar-refractivity contribution in [2.75, 3.05) is 13.2 Å². The van der Waals surface area contributed by atoms with Gasteiger partial charge in [-0.05, 0) is 12.8 Å². The third-order valence-corrected chi connectivity index (χ3v) is 7.50. The first-order valence-corrected chi connectivity index (χ1v) is 15.3. The summed E-state index contributed by atoms with van der Waals surface area (Å²) in [5.41, 5.74) is 0. The van der Waals surface area contributed by atoms with Crippen LogP contribution in [-0.2, 0) is 28.5 Å². The van der Waals surface area contributed by atoms with E-state index in [1.807, 2.05) is 0 Å². The topological polar surface area (TPSA) is 71.1 Å². The van der Waals surface area contributed by atoms with E-state index in [1.54, 1.807) is 0 Å². The molecule has 0 amide bonds. The van der Waals surface area contributed by atoms with Crippen LogP contribution in [0.2, 0.25) is 0 Å². The summed E-state index contributed by atoms with van der Waals surface area (Å²) in [6, 6.07) is 0. The van der Waals surface area contributed by atoms with Gasteiger partial charge in [0.2, 0.25) is 0 Å². The predicted octanol–water partition coefficient (Wildman–Crippen LogP) is 7.45. The molecule has 0 spiro atoms. The van der Waals surface area contributed by atoms with E-state index in [0.29, 0.717) is 26.1 Å². The predicted molar refractivity (Wildman–Crippen MR) is 143 cm³/mol. The van der Waals surface area contributed by atoms with Crippen LogP contribution in [0.15, 0.2) is 0 Å². The minimum absolute atomic E-state index is 0.179. The molecule has 0 bridgehead atoms. The maximum atomic E-state index is 12.3. The number of hydrogen-bond acceptors (Lipinski definition) is 6. The highest BCUT2D eigenvalue weighted by molar-refractivity contribution is 5.70. The van der Waals surface area contributed by atoms with Gasteiger partial charge in [0, 0.05) is 12.8 Å². The van der Waals surface area contributed by atoms with Crippen LogP contribution in [0, 0.1) is 0 Å². The van der Waals surface area contributed by atoms with Crippen LogP contribution in [0.3, 0.4) is 0 Å². The molecule has 2 saturated heterocycles. The Morgan fingerprint density at radius 3 is 1.17 bits per heavy atom. The molecule has 2 aliphatic heterocycles. The van der Waals surface area contributed by atoms with E-state index >= 15 is 0 Å². The molecule has 4 atom stereocenters. The van der Waals surface area contributed by atoms with Crippen LogP contribution >= 0.6 is 0 Å². The zero-order valence-corrected chi connectivity index (χ0v) is 23.3. The highest BCUT2D eigenvalue weighted by Gasteiger charge is 2.51. The highest BCUT2D eigenvalue weighted by Crippen LogP contribution is 2.31. The normalized spacial score (nSPS) is 23.1. The monoisotopic (exact) mass is 510 g/mol. The largest absolute Gasteiger partial charge is 0.457 e. The van der Waals surface area contributed by atoms with Crippen molar-refractivity contribution < 1.29 is 28.5 Å². The van der Waals surface area contributed by atoms with Crippen molar-refractivity contribution in [3.8, 4) is 0 Å². The molecule has 0 unspecified atom stereocenters. The minimum atomic E-state index is -0.401. The Morgan fingerprint density at radius 2 is 0.833 bits per heavy atom. The second-order valence-electron chi connectivity index (χ2n) is 10.8.